The van der Waals surface area contributed by atoms with Crippen LogP contribution in [0.5, 0.6) is 0 Å². The zero-order valence-corrected chi connectivity index (χ0v) is 13.8. The highest BCUT2D eigenvalue weighted by Gasteiger charge is 2.27. The van der Waals surface area contributed by atoms with Gasteiger partial charge in [0.15, 0.2) is 0 Å². The Morgan fingerprint density at radius 2 is 1.83 bits per heavy atom. The van der Waals surface area contributed by atoms with E-state index in [4.69, 9.17) is 9.47 Å². The van der Waals surface area contributed by atoms with Crippen molar-refractivity contribution in [1.29, 1.82) is 0 Å². The maximum atomic E-state index is 12.0. The van der Waals surface area contributed by atoms with Crippen LogP contribution in [-0.2, 0) is 19.1 Å². The van der Waals surface area contributed by atoms with E-state index >= 15 is 0 Å². The first kappa shape index (κ1) is 16.8. The smallest absolute Gasteiger partial charge is 0.397 e. The molecule has 2 rings (SSSR count). The number of rotatable bonds is 2. The molecule has 2 heterocycles. The number of carbonyl (C=O) groups excluding carboxylic acids is 3. The Morgan fingerprint density at radius 1 is 1.17 bits per heavy atom. The standard InChI is InChI=1S/C14H15N3O5S/c1-14(2,3)22-13(20)9(18)17-10-7(12(19)21-4)8-11(23-10)16-6-5-15-8/h5-6H,1-4H3,(H,17,18). The number of carbonyl (C=O) groups is 3. The monoisotopic (exact) mass is 337 g/mol. The lowest BCUT2D eigenvalue weighted by Crippen LogP contribution is -2.32. The molecule has 2 aromatic heterocycles. The molecule has 0 unspecified atom stereocenters. The summed E-state index contributed by atoms with van der Waals surface area (Å²) in [4.78, 5) is 44.2. The number of anilines is 1. The number of fused-ring (bicyclic) bond motifs is 1. The van der Waals surface area contributed by atoms with Crippen LogP contribution < -0.4 is 5.32 Å². The van der Waals surface area contributed by atoms with Gasteiger partial charge in [-0.2, -0.15) is 0 Å². The topological polar surface area (TPSA) is 107 Å². The van der Waals surface area contributed by atoms with Crippen LogP contribution in [0.1, 0.15) is 31.1 Å². The summed E-state index contributed by atoms with van der Waals surface area (Å²) in [6.07, 6.45) is 2.88. The minimum Gasteiger partial charge on any atom is -0.465 e. The molecular weight excluding hydrogens is 322 g/mol. The van der Waals surface area contributed by atoms with Gasteiger partial charge in [-0.25, -0.2) is 14.6 Å². The molecule has 0 aliphatic carbocycles. The number of aromatic nitrogens is 2. The van der Waals surface area contributed by atoms with Gasteiger partial charge >= 0.3 is 17.8 Å². The van der Waals surface area contributed by atoms with Crippen LogP contribution in [0.25, 0.3) is 10.3 Å². The molecule has 0 aromatic carbocycles. The molecule has 1 N–H and O–H groups in total. The molecule has 9 heteroatoms. The minimum atomic E-state index is -1.05. The van der Waals surface area contributed by atoms with E-state index in [2.05, 4.69) is 15.3 Å². The third-order valence-corrected chi connectivity index (χ3v) is 3.53. The largest absolute Gasteiger partial charge is 0.465 e. The summed E-state index contributed by atoms with van der Waals surface area (Å²) in [5.41, 5.74) is -0.454. The number of nitrogens with zero attached hydrogens (tertiary/aromatic N) is 2. The number of methoxy groups -OCH3 is 1. The molecule has 0 saturated carbocycles. The van der Waals surface area contributed by atoms with E-state index < -0.39 is 23.4 Å². The molecule has 23 heavy (non-hydrogen) atoms. The van der Waals surface area contributed by atoms with Crippen molar-refractivity contribution in [3.05, 3.63) is 18.0 Å². The summed E-state index contributed by atoms with van der Waals surface area (Å²) in [5, 5.41) is 2.50. The van der Waals surface area contributed by atoms with E-state index in [1.165, 1.54) is 19.5 Å². The minimum absolute atomic E-state index is 0.0532. The first-order valence-electron chi connectivity index (χ1n) is 6.59. The van der Waals surface area contributed by atoms with Crippen LogP contribution >= 0.6 is 11.3 Å². The number of ether oxygens (including phenoxy) is 2. The lowest BCUT2D eigenvalue weighted by atomic mass is 10.2. The summed E-state index contributed by atoms with van der Waals surface area (Å²) < 4.78 is 9.68. The third-order valence-electron chi connectivity index (χ3n) is 2.53. The van der Waals surface area contributed by atoms with Crippen LogP contribution in [-0.4, -0.2) is 40.5 Å². The van der Waals surface area contributed by atoms with Crippen LogP contribution in [0.2, 0.25) is 0 Å². The van der Waals surface area contributed by atoms with E-state index in [0.29, 0.717) is 10.3 Å². The Hall–Kier alpha value is -2.55. The quantitative estimate of drug-likeness (QED) is 0.657. The summed E-state index contributed by atoms with van der Waals surface area (Å²) in [6.45, 7) is 4.93. The highest BCUT2D eigenvalue weighted by atomic mass is 32.1. The second-order valence-corrected chi connectivity index (χ2v) is 6.46. The highest BCUT2D eigenvalue weighted by molar-refractivity contribution is 7.23. The molecule has 0 radical (unpaired) electrons. The van der Waals surface area contributed by atoms with E-state index in [9.17, 15) is 14.4 Å². The van der Waals surface area contributed by atoms with Crippen molar-refractivity contribution in [2.75, 3.05) is 12.4 Å². The van der Waals surface area contributed by atoms with Gasteiger partial charge in [-0.05, 0) is 20.8 Å². The molecule has 1 amide bonds. The van der Waals surface area contributed by atoms with Crippen molar-refractivity contribution in [1.82, 2.24) is 9.97 Å². The number of esters is 2. The fourth-order valence-corrected chi connectivity index (χ4v) is 2.67. The zero-order chi connectivity index (χ0) is 17.2. The van der Waals surface area contributed by atoms with Crippen molar-refractivity contribution in [2.24, 2.45) is 0 Å². The van der Waals surface area contributed by atoms with E-state index in [1.54, 1.807) is 20.8 Å². The Morgan fingerprint density at radius 3 is 2.43 bits per heavy atom. The van der Waals surface area contributed by atoms with Crippen molar-refractivity contribution < 1.29 is 23.9 Å². The van der Waals surface area contributed by atoms with Crippen LogP contribution in [0.4, 0.5) is 5.00 Å². The van der Waals surface area contributed by atoms with Crippen LogP contribution in [0.15, 0.2) is 12.4 Å². The van der Waals surface area contributed by atoms with Gasteiger partial charge in [-0.3, -0.25) is 9.78 Å². The fraction of sp³-hybridized carbons (Fsp3) is 0.357. The van der Waals surface area contributed by atoms with Crippen LogP contribution in [0, 0.1) is 0 Å². The van der Waals surface area contributed by atoms with Gasteiger partial charge in [0.2, 0.25) is 0 Å². The fourth-order valence-electron chi connectivity index (χ4n) is 1.68. The molecule has 0 atom stereocenters. The number of hydrogen-bond donors (Lipinski definition) is 1. The number of hydrogen-bond acceptors (Lipinski definition) is 8. The number of amides is 1. The summed E-state index contributed by atoms with van der Waals surface area (Å²) in [6, 6.07) is 0. The Balaban J connectivity index is 2.34. The summed E-state index contributed by atoms with van der Waals surface area (Å²) in [7, 11) is 1.21. The third kappa shape index (κ3) is 3.81. The van der Waals surface area contributed by atoms with Gasteiger partial charge in [-0.1, -0.05) is 11.3 Å². The van der Waals surface area contributed by atoms with E-state index in [-0.39, 0.29) is 10.6 Å². The number of thiophene rings is 1. The second-order valence-electron chi connectivity index (χ2n) is 5.46. The molecule has 0 aliphatic rings. The molecule has 8 nitrogen and oxygen atoms in total. The molecule has 0 aliphatic heterocycles. The molecule has 0 bridgehead atoms. The first-order valence-corrected chi connectivity index (χ1v) is 7.40. The van der Waals surface area contributed by atoms with Gasteiger partial charge < -0.3 is 14.8 Å². The predicted molar refractivity (Wildman–Crippen MR) is 83.2 cm³/mol. The first-order chi connectivity index (χ1) is 10.7. The average molecular weight is 337 g/mol. The summed E-state index contributed by atoms with van der Waals surface area (Å²) >= 11 is 1.02. The molecule has 122 valence electrons. The van der Waals surface area contributed by atoms with Crippen molar-refractivity contribution >= 4 is 44.5 Å². The van der Waals surface area contributed by atoms with Crippen molar-refractivity contribution in [3.63, 3.8) is 0 Å². The van der Waals surface area contributed by atoms with E-state index in [0.717, 1.165) is 11.3 Å². The molecular formula is C14H15N3O5S. The van der Waals surface area contributed by atoms with Gasteiger partial charge in [0.1, 0.15) is 26.5 Å². The molecule has 0 saturated heterocycles. The lowest BCUT2D eigenvalue weighted by molar-refractivity contribution is -0.161. The SMILES string of the molecule is COC(=O)c1c(NC(=O)C(=O)OC(C)(C)C)sc2nccnc12. The van der Waals surface area contributed by atoms with Crippen LogP contribution in [0.3, 0.4) is 0 Å². The van der Waals surface area contributed by atoms with Gasteiger partial charge in [0.25, 0.3) is 0 Å². The maximum absolute atomic E-state index is 12.0. The van der Waals surface area contributed by atoms with E-state index in [1.807, 2.05) is 0 Å². The summed E-state index contributed by atoms with van der Waals surface area (Å²) in [5.74, 6) is -2.72. The molecule has 0 fully saturated rings. The van der Waals surface area contributed by atoms with Crippen molar-refractivity contribution in [2.45, 2.75) is 26.4 Å². The maximum Gasteiger partial charge on any atom is 0.397 e. The van der Waals surface area contributed by atoms with Gasteiger partial charge in [-0.15, -0.1) is 0 Å². The van der Waals surface area contributed by atoms with Gasteiger partial charge in [0, 0.05) is 12.4 Å². The average Bonchev–Trinajstić information content (AvgIpc) is 2.82. The normalized spacial score (nSPS) is 11.1. The predicted octanol–water partition coefficient (Wildman–Crippen LogP) is 1.76. The highest BCUT2D eigenvalue weighted by Crippen LogP contribution is 2.33. The van der Waals surface area contributed by atoms with Gasteiger partial charge in [0.05, 0.1) is 7.11 Å². The molecule has 2 aromatic rings. The second kappa shape index (κ2) is 6.29. The number of nitrogens with one attached hydrogen (secondary N) is 1. The Kier molecular flexibility index (Phi) is 4.60. The lowest BCUT2D eigenvalue weighted by Gasteiger charge is -2.18. The van der Waals surface area contributed by atoms with Crippen molar-refractivity contribution in [3.8, 4) is 0 Å². The Bertz CT molecular complexity index is 778. The Labute approximate surface area is 135 Å². The zero-order valence-electron chi connectivity index (χ0n) is 13.0. The molecule has 0 spiro atoms.